The van der Waals surface area contributed by atoms with Crippen LogP contribution in [0.1, 0.15) is 25.6 Å². The van der Waals surface area contributed by atoms with Crippen LogP contribution in [0.15, 0.2) is 34.9 Å². The first-order chi connectivity index (χ1) is 12.3. The number of rotatable bonds is 6. The number of benzene rings is 1. The predicted octanol–water partition coefficient (Wildman–Crippen LogP) is 2.49. The number of carbonyl (C=O) groups is 1. The van der Waals surface area contributed by atoms with E-state index in [1.54, 1.807) is 0 Å². The molecule has 1 saturated heterocycles. The molecule has 1 fully saturated rings. The Morgan fingerprint density at radius 1 is 1.40 bits per heavy atom. The molecular weight excluding hydrogens is 320 g/mol. The van der Waals surface area contributed by atoms with Gasteiger partial charge in [0.15, 0.2) is 5.82 Å². The number of hydrogen-bond donors (Lipinski definition) is 1. The number of piperidine rings is 1. The fourth-order valence-electron chi connectivity index (χ4n) is 2.89. The molecule has 7 heteroatoms. The summed E-state index contributed by atoms with van der Waals surface area (Å²) in [6.07, 6.45) is 2.59. The first-order valence-electron chi connectivity index (χ1n) is 8.78. The molecule has 0 spiro atoms. The van der Waals surface area contributed by atoms with Gasteiger partial charge in [-0.3, -0.25) is 0 Å². The van der Waals surface area contributed by atoms with E-state index < -0.39 is 0 Å². The third-order valence-corrected chi connectivity index (χ3v) is 4.16. The second kappa shape index (κ2) is 8.62. The molecule has 1 aromatic heterocycles. The van der Waals surface area contributed by atoms with Gasteiger partial charge in [-0.15, -0.1) is 0 Å². The molecular formula is C18H24N4O3. The average Bonchev–Trinajstić information content (AvgIpc) is 3.12. The zero-order valence-corrected chi connectivity index (χ0v) is 14.5. The fourth-order valence-corrected chi connectivity index (χ4v) is 2.89. The van der Waals surface area contributed by atoms with Crippen molar-refractivity contribution in [3.63, 3.8) is 0 Å². The van der Waals surface area contributed by atoms with E-state index >= 15 is 0 Å². The molecule has 25 heavy (non-hydrogen) atoms. The van der Waals surface area contributed by atoms with E-state index in [1.165, 1.54) is 0 Å². The molecule has 0 saturated carbocycles. The minimum atomic E-state index is -0.0125. The van der Waals surface area contributed by atoms with Gasteiger partial charge in [0.1, 0.15) is 0 Å². The standard InChI is InChI=1S/C18H24N4O3/c1-2-19-18(23)22-11-6-9-15(13-22)24-12-10-16-20-17(25-21-16)14-7-4-3-5-8-14/h3-5,7-8,15H,2,6,9-13H2,1H3,(H,19,23). The van der Waals surface area contributed by atoms with E-state index in [1.807, 2.05) is 42.2 Å². The predicted molar refractivity (Wildman–Crippen MR) is 93.1 cm³/mol. The number of hydrogen-bond acceptors (Lipinski definition) is 5. The van der Waals surface area contributed by atoms with E-state index in [0.717, 1.165) is 24.9 Å². The van der Waals surface area contributed by atoms with Crippen LogP contribution in [0.3, 0.4) is 0 Å². The van der Waals surface area contributed by atoms with Crippen molar-refractivity contribution < 1.29 is 14.1 Å². The molecule has 3 rings (SSSR count). The highest BCUT2D eigenvalue weighted by molar-refractivity contribution is 5.74. The second-order valence-electron chi connectivity index (χ2n) is 6.05. The lowest BCUT2D eigenvalue weighted by Crippen LogP contribution is -2.47. The van der Waals surface area contributed by atoms with Gasteiger partial charge in [-0.2, -0.15) is 4.98 Å². The van der Waals surface area contributed by atoms with Crippen molar-refractivity contribution in [2.45, 2.75) is 32.3 Å². The van der Waals surface area contributed by atoms with Gasteiger partial charge < -0.3 is 19.5 Å². The number of ether oxygens (including phenoxy) is 1. The van der Waals surface area contributed by atoms with Crippen molar-refractivity contribution in [3.05, 3.63) is 36.2 Å². The maximum atomic E-state index is 11.9. The topological polar surface area (TPSA) is 80.5 Å². The normalized spacial score (nSPS) is 17.5. The molecule has 0 radical (unpaired) electrons. The van der Waals surface area contributed by atoms with Crippen LogP contribution in [-0.4, -0.2) is 53.4 Å². The molecule has 1 aliphatic rings. The van der Waals surface area contributed by atoms with Gasteiger partial charge in [-0.25, -0.2) is 4.79 Å². The first-order valence-corrected chi connectivity index (χ1v) is 8.78. The Kier molecular flexibility index (Phi) is 6.00. The summed E-state index contributed by atoms with van der Waals surface area (Å²) in [5, 5.41) is 6.84. The molecule has 1 N–H and O–H groups in total. The van der Waals surface area contributed by atoms with Crippen LogP contribution in [0, 0.1) is 0 Å². The van der Waals surface area contributed by atoms with Crippen molar-refractivity contribution in [2.75, 3.05) is 26.2 Å². The maximum Gasteiger partial charge on any atom is 0.317 e. The summed E-state index contributed by atoms with van der Waals surface area (Å²) < 4.78 is 11.2. The quantitative estimate of drug-likeness (QED) is 0.871. The molecule has 1 aromatic carbocycles. The van der Waals surface area contributed by atoms with Crippen LogP contribution in [0.2, 0.25) is 0 Å². The summed E-state index contributed by atoms with van der Waals surface area (Å²) in [7, 11) is 0. The van der Waals surface area contributed by atoms with Gasteiger partial charge in [-0.05, 0) is 31.9 Å². The minimum absolute atomic E-state index is 0.0125. The van der Waals surface area contributed by atoms with Gasteiger partial charge in [0.2, 0.25) is 0 Å². The van der Waals surface area contributed by atoms with Crippen molar-refractivity contribution in [2.24, 2.45) is 0 Å². The highest BCUT2D eigenvalue weighted by Gasteiger charge is 2.23. The van der Waals surface area contributed by atoms with Crippen LogP contribution >= 0.6 is 0 Å². The molecule has 134 valence electrons. The Balaban J connectivity index is 1.45. The highest BCUT2D eigenvalue weighted by Crippen LogP contribution is 2.17. The number of aromatic nitrogens is 2. The maximum absolute atomic E-state index is 11.9. The summed E-state index contributed by atoms with van der Waals surface area (Å²) in [5.41, 5.74) is 0.909. The number of likely N-dealkylation sites (tertiary alicyclic amines) is 1. The lowest BCUT2D eigenvalue weighted by atomic mass is 10.1. The molecule has 0 bridgehead atoms. The van der Waals surface area contributed by atoms with Gasteiger partial charge in [0, 0.05) is 31.6 Å². The van der Waals surface area contributed by atoms with Gasteiger partial charge in [0.25, 0.3) is 5.89 Å². The van der Waals surface area contributed by atoms with Crippen molar-refractivity contribution in [3.8, 4) is 11.5 Å². The molecule has 2 aromatic rings. The van der Waals surface area contributed by atoms with Gasteiger partial charge >= 0.3 is 6.03 Å². The number of amides is 2. The lowest BCUT2D eigenvalue weighted by molar-refractivity contribution is 0.0106. The lowest BCUT2D eigenvalue weighted by Gasteiger charge is -2.32. The smallest absolute Gasteiger partial charge is 0.317 e. The van der Waals surface area contributed by atoms with E-state index in [9.17, 15) is 4.79 Å². The molecule has 0 aliphatic carbocycles. The zero-order chi connectivity index (χ0) is 17.5. The summed E-state index contributed by atoms with van der Waals surface area (Å²) in [5.74, 6) is 1.16. The third kappa shape index (κ3) is 4.79. The van der Waals surface area contributed by atoms with Crippen LogP contribution in [0.4, 0.5) is 4.79 Å². The number of carbonyl (C=O) groups excluding carboxylic acids is 1. The Morgan fingerprint density at radius 2 is 2.24 bits per heavy atom. The van der Waals surface area contributed by atoms with Crippen LogP contribution in [-0.2, 0) is 11.2 Å². The van der Waals surface area contributed by atoms with Crippen molar-refractivity contribution in [1.29, 1.82) is 0 Å². The first kappa shape index (κ1) is 17.4. The zero-order valence-electron chi connectivity index (χ0n) is 14.5. The average molecular weight is 344 g/mol. The summed E-state index contributed by atoms with van der Waals surface area (Å²) in [6, 6.07) is 9.68. The molecule has 7 nitrogen and oxygen atoms in total. The molecule has 2 amide bonds. The minimum Gasteiger partial charge on any atom is -0.376 e. The molecule has 1 atom stereocenters. The van der Waals surface area contributed by atoms with Crippen molar-refractivity contribution >= 4 is 6.03 Å². The number of nitrogens with one attached hydrogen (secondary N) is 1. The Hall–Kier alpha value is -2.41. The third-order valence-electron chi connectivity index (χ3n) is 4.16. The SMILES string of the molecule is CCNC(=O)N1CCCC(OCCc2noc(-c3ccccc3)n2)C1. The van der Waals surface area contributed by atoms with E-state index in [2.05, 4.69) is 15.5 Å². The monoisotopic (exact) mass is 344 g/mol. The van der Waals surface area contributed by atoms with Crippen LogP contribution < -0.4 is 5.32 Å². The Labute approximate surface area is 147 Å². The molecule has 1 unspecified atom stereocenters. The second-order valence-corrected chi connectivity index (χ2v) is 6.05. The highest BCUT2D eigenvalue weighted by atomic mass is 16.5. The largest absolute Gasteiger partial charge is 0.376 e. The summed E-state index contributed by atoms with van der Waals surface area (Å²) >= 11 is 0. The van der Waals surface area contributed by atoms with E-state index in [4.69, 9.17) is 9.26 Å². The Bertz CT molecular complexity index is 674. The summed E-state index contributed by atoms with van der Waals surface area (Å²) in [6.45, 7) is 4.50. The number of urea groups is 1. The fraction of sp³-hybridized carbons (Fsp3) is 0.500. The van der Waals surface area contributed by atoms with Gasteiger partial charge in [-0.1, -0.05) is 23.4 Å². The van der Waals surface area contributed by atoms with E-state index in [0.29, 0.717) is 37.8 Å². The van der Waals surface area contributed by atoms with Crippen molar-refractivity contribution in [1.82, 2.24) is 20.4 Å². The summed E-state index contributed by atoms with van der Waals surface area (Å²) in [4.78, 5) is 18.1. The molecule has 2 heterocycles. The Morgan fingerprint density at radius 3 is 3.04 bits per heavy atom. The van der Waals surface area contributed by atoms with Gasteiger partial charge in [0.05, 0.1) is 12.7 Å². The van der Waals surface area contributed by atoms with E-state index in [-0.39, 0.29) is 12.1 Å². The van der Waals surface area contributed by atoms with Crippen LogP contribution in [0.5, 0.6) is 0 Å². The molecule has 1 aliphatic heterocycles. The van der Waals surface area contributed by atoms with Crippen LogP contribution in [0.25, 0.3) is 11.5 Å². The number of nitrogens with zero attached hydrogens (tertiary/aromatic N) is 3.